The highest BCUT2D eigenvalue weighted by atomic mass is 32.2. The molecule has 11 heteroatoms. The Hall–Kier alpha value is -2.40. The van der Waals surface area contributed by atoms with Gasteiger partial charge in [0.1, 0.15) is 11.4 Å². The lowest BCUT2D eigenvalue weighted by Gasteiger charge is -2.24. The summed E-state index contributed by atoms with van der Waals surface area (Å²) in [4.78, 5) is 8.08. The summed E-state index contributed by atoms with van der Waals surface area (Å²) in [6, 6.07) is 2.82. The molecule has 0 radical (unpaired) electrons. The van der Waals surface area contributed by atoms with Crippen molar-refractivity contribution in [3.05, 3.63) is 29.6 Å². The summed E-state index contributed by atoms with van der Waals surface area (Å²) in [6.07, 6.45) is -2.41. The van der Waals surface area contributed by atoms with E-state index in [1.807, 2.05) is 0 Å². The van der Waals surface area contributed by atoms with Gasteiger partial charge in [-0.1, -0.05) is 6.92 Å². The van der Waals surface area contributed by atoms with Gasteiger partial charge in [-0.15, -0.1) is 0 Å². The van der Waals surface area contributed by atoms with Gasteiger partial charge in [0.15, 0.2) is 21.5 Å². The first-order valence-electron chi connectivity index (χ1n) is 7.55. The molecule has 0 saturated carbocycles. The molecule has 0 spiro atoms. The first-order valence-corrected chi connectivity index (χ1v) is 9.20. The van der Waals surface area contributed by atoms with E-state index < -0.39 is 28.1 Å². The predicted octanol–water partition coefficient (Wildman–Crippen LogP) is 2.43. The van der Waals surface area contributed by atoms with Crippen molar-refractivity contribution in [1.29, 1.82) is 0 Å². The molecule has 3 heterocycles. The van der Waals surface area contributed by atoms with Gasteiger partial charge in [-0.25, -0.2) is 18.5 Å². The second-order valence-electron chi connectivity index (χ2n) is 5.68. The molecular weight excluding hydrogens is 373 g/mol. The van der Waals surface area contributed by atoms with Gasteiger partial charge in [0.05, 0.1) is 22.8 Å². The quantitative estimate of drug-likeness (QED) is 0.869. The van der Waals surface area contributed by atoms with Crippen molar-refractivity contribution in [3.63, 3.8) is 0 Å². The van der Waals surface area contributed by atoms with Crippen molar-refractivity contribution in [2.75, 3.05) is 17.4 Å². The van der Waals surface area contributed by atoms with Crippen LogP contribution in [0.15, 0.2) is 28.8 Å². The molecule has 0 aromatic carbocycles. The number of pyridine rings is 1. The zero-order valence-corrected chi connectivity index (χ0v) is 14.6. The van der Waals surface area contributed by atoms with Gasteiger partial charge in [0.25, 0.3) is 0 Å². The zero-order chi connectivity index (χ0) is 19.3. The Labute approximate surface area is 147 Å². The molecule has 0 saturated heterocycles. The summed E-state index contributed by atoms with van der Waals surface area (Å²) in [7, 11) is -2.16. The van der Waals surface area contributed by atoms with Gasteiger partial charge < -0.3 is 4.57 Å². The average Bonchev–Trinajstić information content (AvgIpc) is 2.91. The highest BCUT2D eigenvalue weighted by molar-refractivity contribution is 7.91. The minimum absolute atomic E-state index is 0.0154. The van der Waals surface area contributed by atoms with Gasteiger partial charge in [-0.3, -0.25) is 10.2 Å². The maximum atomic E-state index is 13.0. The lowest BCUT2D eigenvalue weighted by Crippen LogP contribution is -2.31. The number of rotatable bonds is 3. The van der Waals surface area contributed by atoms with Crippen LogP contribution in [0.3, 0.4) is 0 Å². The third-order valence-corrected chi connectivity index (χ3v) is 5.79. The number of halogens is 3. The second kappa shape index (κ2) is 6.09. The smallest absolute Gasteiger partial charge is 0.310 e. The Bertz CT molecular complexity index is 996. The van der Waals surface area contributed by atoms with Gasteiger partial charge in [0.2, 0.25) is 0 Å². The van der Waals surface area contributed by atoms with Gasteiger partial charge in [-0.05, 0) is 18.2 Å². The summed E-state index contributed by atoms with van der Waals surface area (Å²) < 4.78 is 64.8. The molecule has 2 aromatic heterocycles. The number of imidazole rings is 1. The van der Waals surface area contributed by atoms with Crippen LogP contribution < -0.4 is 5.06 Å². The van der Waals surface area contributed by atoms with E-state index in [0.29, 0.717) is 5.06 Å². The number of alkyl halides is 3. The SMILES string of the molecule is CCS(=O)(=O)c1cccnc1-c1nc2c(n1C)N(O)CC(C(F)(F)F)=C2. The van der Waals surface area contributed by atoms with Crippen LogP contribution in [0, 0.1) is 0 Å². The highest BCUT2D eigenvalue weighted by Gasteiger charge is 2.39. The second-order valence-corrected chi connectivity index (χ2v) is 7.93. The number of hydrogen-bond acceptors (Lipinski definition) is 6. The molecule has 0 amide bonds. The molecule has 0 bridgehead atoms. The Morgan fingerprint density at radius 1 is 1.35 bits per heavy atom. The number of hydrogen-bond donors (Lipinski definition) is 1. The van der Waals surface area contributed by atoms with Crippen LogP contribution in [0.2, 0.25) is 0 Å². The Morgan fingerprint density at radius 2 is 2.04 bits per heavy atom. The number of aromatic nitrogens is 3. The molecule has 1 aliphatic heterocycles. The van der Waals surface area contributed by atoms with Gasteiger partial charge in [0, 0.05) is 13.2 Å². The monoisotopic (exact) mass is 388 g/mol. The molecule has 3 rings (SSSR count). The predicted molar refractivity (Wildman–Crippen MR) is 87.3 cm³/mol. The summed E-state index contributed by atoms with van der Waals surface area (Å²) in [5.41, 5.74) is -1.06. The van der Waals surface area contributed by atoms with E-state index in [-0.39, 0.29) is 33.7 Å². The largest absolute Gasteiger partial charge is 0.414 e. The Balaban J connectivity index is 2.23. The van der Waals surface area contributed by atoms with Crippen molar-refractivity contribution in [3.8, 4) is 11.5 Å². The van der Waals surface area contributed by atoms with Gasteiger partial charge >= 0.3 is 6.18 Å². The van der Waals surface area contributed by atoms with Crippen LogP contribution in [0.1, 0.15) is 12.6 Å². The van der Waals surface area contributed by atoms with Gasteiger partial charge in [-0.2, -0.15) is 13.2 Å². The van der Waals surface area contributed by atoms with Crippen molar-refractivity contribution in [1.82, 2.24) is 14.5 Å². The fourth-order valence-corrected chi connectivity index (χ4v) is 3.74. The van der Waals surface area contributed by atoms with E-state index in [1.54, 1.807) is 0 Å². The molecule has 0 aliphatic carbocycles. The van der Waals surface area contributed by atoms with E-state index in [9.17, 15) is 26.8 Å². The first kappa shape index (κ1) is 18.4. The maximum Gasteiger partial charge on any atom is 0.414 e. The number of sulfone groups is 1. The first-order chi connectivity index (χ1) is 12.1. The van der Waals surface area contributed by atoms with Crippen LogP contribution in [0.25, 0.3) is 17.6 Å². The van der Waals surface area contributed by atoms with E-state index in [1.165, 1.54) is 36.9 Å². The van der Waals surface area contributed by atoms with E-state index in [0.717, 1.165) is 6.08 Å². The van der Waals surface area contributed by atoms with E-state index in [2.05, 4.69) is 9.97 Å². The average molecular weight is 388 g/mol. The molecule has 1 aliphatic rings. The molecule has 26 heavy (non-hydrogen) atoms. The highest BCUT2D eigenvalue weighted by Crippen LogP contribution is 2.37. The van der Waals surface area contributed by atoms with Crippen LogP contribution in [-0.2, 0) is 16.9 Å². The third kappa shape index (κ3) is 2.97. The fraction of sp³-hybridized carbons (Fsp3) is 0.333. The molecule has 0 unspecified atom stereocenters. The Morgan fingerprint density at radius 3 is 2.65 bits per heavy atom. The number of nitrogens with zero attached hydrogens (tertiary/aromatic N) is 4. The van der Waals surface area contributed by atoms with E-state index >= 15 is 0 Å². The minimum Gasteiger partial charge on any atom is -0.310 e. The van der Waals surface area contributed by atoms with Crippen LogP contribution in [0.4, 0.5) is 19.0 Å². The lowest BCUT2D eigenvalue weighted by molar-refractivity contribution is -0.0929. The molecule has 0 atom stereocenters. The number of fused-ring (bicyclic) bond motifs is 1. The van der Waals surface area contributed by atoms with Crippen molar-refractivity contribution < 1.29 is 26.8 Å². The van der Waals surface area contributed by atoms with Crippen molar-refractivity contribution >= 4 is 21.7 Å². The summed E-state index contributed by atoms with van der Waals surface area (Å²) in [5, 5.41) is 10.4. The molecular formula is C15H15F3N4O3S. The van der Waals surface area contributed by atoms with E-state index in [4.69, 9.17) is 0 Å². The molecule has 0 fully saturated rings. The normalized spacial score (nSPS) is 15.0. The van der Waals surface area contributed by atoms with Crippen molar-refractivity contribution in [2.24, 2.45) is 7.05 Å². The summed E-state index contributed by atoms with van der Waals surface area (Å²) in [6.45, 7) is 0.723. The summed E-state index contributed by atoms with van der Waals surface area (Å²) in [5.74, 6) is -0.0973. The van der Waals surface area contributed by atoms with Crippen LogP contribution >= 0.6 is 0 Å². The third-order valence-electron chi connectivity index (χ3n) is 4.03. The topological polar surface area (TPSA) is 88.3 Å². The standard InChI is InChI=1S/C15H15F3N4O3S/c1-3-26(24,25)11-5-4-6-19-12(11)13-20-10-7-9(15(16,17)18)8-22(23)14(10)21(13)2/h4-7,23H,3,8H2,1-2H3. The minimum atomic E-state index is -4.61. The summed E-state index contributed by atoms with van der Waals surface area (Å²) >= 11 is 0. The number of hydroxylamine groups is 1. The Kier molecular flexibility index (Phi) is 4.31. The maximum absolute atomic E-state index is 13.0. The molecule has 2 aromatic rings. The lowest BCUT2D eigenvalue weighted by atomic mass is 10.1. The number of anilines is 1. The fourth-order valence-electron chi connectivity index (χ4n) is 2.71. The molecule has 140 valence electrons. The zero-order valence-electron chi connectivity index (χ0n) is 13.8. The molecule has 1 N–H and O–H groups in total. The van der Waals surface area contributed by atoms with Crippen molar-refractivity contribution in [2.45, 2.75) is 18.0 Å². The van der Waals surface area contributed by atoms with Crippen LogP contribution in [0.5, 0.6) is 0 Å². The molecule has 7 nitrogen and oxygen atoms in total. The van der Waals surface area contributed by atoms with Crippen LogP contribution in [-0.4, -0.2) is 46.6 Å².